The van der Waals surface area contributed by atoms with E-state index in [0.29, 0.717) is 0 Å². The maximum Gasteiger partial charge on any atom is 0.323 e. The van der Waals surface area contributed by atoms with E-state index in [-0.39, 0.29) is 12.2 Å². The van der Waals surface area contributed by atoms with Crippen LogP contribution in [0.3, 0.4) is 0 Å². The van der Waals surface area contributed by atoms with Crippen LogP contribution in [0.4, 0.5) is 0 Å². The summed E-state index contributed by atoms with van der Waals surface area (Å²) in [5.41, 5.74) is -0.288. The van der Waals surface area contributed by atoms with Crippen molar-refractivity contribution < 1.29 is 14.6 Å². The SMILES string of the molecule is CN(C)[C@@H](COC(C)(C)C)C(=O)O. The Morgan fingerprint density at radius 2 is 1.92 bits per heavy atom. The van der Waals surface area contributed by atoms with Gasteiger partial charge in [-0.05, 0) is 34.9 Å². The van der Waals surface area contributed by atoms with Gasteiger partial charge in [-0.25, -0.2) is 0 Å². The number of ether oxygens (including phenoxy) is 1. The van der Waals surface area contributed by atoms with E-state index in [1.165, 1.54) is 0 Å². The van der Waals surface area contributed by atoms with Crippen LogP contribution in [0, 0.1) is 0 Å². The number of carbonyl (C=O) groups is 1. The minimum Gasteiger partial charge on any atom is -0.480 e. The first kappa shape index (κ1) is 12.4. The van der Waals surface area contributed by atoms with Crippen molar-refractivity contribution in [2.45, 2.75) is 32.4 Å². The van der Waals surface area contributed by atoms with Gasteiger partial charge in [0.05, 0.1) is 12.2 Å². The van der Waals surface area contributed by atoms with Crippen LogP contribution in [0.15, 0.2) is 0 Å². The number of likely N-dealkylation sites (N-methyl/N-ethyl adjacent to an activating group) is 1. The second-order valence-corrected chi connectivity index (χ2v) is 4.24. The van der Waals surface area contributed by atoms with Crippen molar-refractivity contribution >= 4 is 5.97 Å². The molecule has 0 rings (SSSR count). The molecular weight excluding hydrogens is 170 g/mol. The standard InChI is InChI=1S/C9H19NO3/c1-9(2,3)13-6-7(8(11)12)10(4)5/h7H,6H2,1-5H3,(H,11,12)/t7-/m0/s1. The van der Waals surface area contributed by atoms with E-state index in [2.05, 4.69) is 0 Å². The Morgan fingerprint density at radius 1 is 1.46 bits per heavy atom. The lowest BCUT2D eigenvalue weighted by Crippen LogP contribution is -2.41. The zero-order valence-corrected chi connectivity index (χ0v) is 9.00. The largest absolute Gasteiger partial charge is 0.480 e. The zero-order chi connectivity index (χ0) is 10.6. The molecule has 0 aliphatic heterocycles. The molecule has 78 valence electrons. The molecule has 13 heavy (non-hydrogen) atoms. The van der Waals surface area contributed by atoms with Gasteiger partial charge in [0.1, 0.15) is 6.04 Å². The molecule has 0 saturated heterocycles. The van der Waals surface area contributed by atoms with Gasteiger partial charge in [0.15, 0.2) is 0 Å². The molecule has 0 bridgehead atoms. The molecule has 0 aliphatic carbocycles. The number of carboxylic acids is 1. The third kappa shape index (κ3) is 5.60. The van der Waals surface area contributed by atoms with Crippen LogP contribution in [0.25, 0.3) is 0 Å². The summed E-state index contributed by atoms with van der Waals surface area (Å²) in [6.45, 7) is 5.93. The summed E-state index contributed by atoms with van der Waals surface area (Å²) in [6, 6.07) is -0.570. The maximum absolute atomic E-state index is 10.7. The van der Waals surface area contributed by atoms with Gasteiger partial charge in [0, 0.05) is 0 Å². The minimum absolute atomic E-state index is 0.214. The van der Waals surface area contributed by atoms with E-state index in [1.54, 1.807) is 19.0 Å². The molecular formula is C9H19NO3. The molecule has 0 spiro atoms. The van der Waals surface area contributed by atoms with E-state index in [9.17, 15) is 4.79 Å². The van der Waals surface area contributed by atoms with Crippen LogP contribution in [0.2, 0.25) is 0 Å². The Balaban J connectivity index is 4.06. The third-order valence-electron chi connectivity index (χ3n) is 1.58. The van der Waals surface area contributed by atoms with Crippen LogP contribution in [-0.4, -0.2) is 48.3 Å². The van der Waals surface area contributed by atoms with Gasteiger partial charge in [0.25, 0.3) is 0 Å². The predicted octanol–water partition coefficient (Wildman–Crippen LogP) is 0.816. The van der Waals surface area contributed by atoms with E-state index < -0.39 is 12.0 Å². The molecule has 4 nitrogen and oxygen atoms in total. The molecule has 0 aromatic rings. The summed E-state index contributed by atoms with van der Waals surface area (Å²) in [6.07, 6.45) is 0. The molecule has 0 heterocycles. The van der Waals surface area contributed by atoms with Crippen molar-refractivity contribution in [1.82, 2.24) is 4.90 Å². The normalized spacial score (nSPS) is 14.6. The average molecular weight is 189 g/mol. The predicted molar refractivity (Wildman–Crippen MR) is 50.8 cm³/mol. The van der Waals surface area contributed by atoms with Crippen LogP contribution in [-0.2, 0) is 9.53 Å². The fraction of sp³-hybridized carbons (Fsp3) is 0.889. The third-order valence-corrected chi connectivity index (χ3v) is 1.58. The highest BCUT2D eigenvalue weighted by Crippen LogP contribution is 2.08. The Hall–Kier alpha value is -0.610. The minimum atomic E-state index is -0.853. The van der Waals surface area contributed by atoms with Crippen LogP contribution >= 0.6 is 0 Å². The first-order valence-electron chi connectivity index (χ1n) is 4.27. The molecule has 0 amide bonds. The van der Waals surface area contributed by atoms with Gasteiger partial charge in [-0.15, -0.1) is 0 Å². The highest BCUT2D eigenvalue weighted by atomic mass is 16.5. The summed E-state index contributed by atoms with van der Waals surface area (Å²) in [7, 11) is 3.45. The second-order valence-electron chi connectivity index (χ2n) is 4.24. The van der Waals surface area contributed by atoms with Crippen LogP contribution in [0.1, 0.15) is 20.8 Å². The molecule has 0 saturated carbocycles. The summed E-state index contributed by atoms with van der Waals surface area (Å²) in [5.74, 6) is -0.853. The Labute approximate surface area is 79.5 Å². The van der Waals surface area contributed by atoms with Crippen molar-refractivity contribution in [3.05, 3.63) is 0 Å². The molecule has 1 atom stereocenters. The Morgan fingerprint density at radius 3 is 2.15 bits per heavy atom. The Kier molecular flexibility index (Phi) is 4.36. The number of hydrogen-bond donors (Lipinski definition) is 1. The second kappa shape index (κ2) is 4.58. The summed E-state index contributed by atoms with van der Waals surface area (Å²) >= 11 is 0. The van der Waals surface area contributed by atoms with E-state index in [1.807, 2.05) is 20.8 Å². The first-order chi connectivity index (χ1) is 5.74. The smallest absolute Gasteiger partial charge is 0.323 e. The molecule has 0 unspecified atom stereocenters. The lowest BCUT2D eigenvalue weighted by Gasteiger charge is -2.25. The molecule has 0 aromatic carbocycles. The van der Waals surface area contributed by atoms with Crippen LogP contribution < -0.4 is 0 Å². The average Bonchev–Trinajstić information content (AvgIpc) is 1.82. The fourth-order valence-corrected chi connectivity index (χ4v) is 0.770. The first-order valence-corrected chi connectivity index (χ1v) is 4.27. The number of nitrogens with zero attached hydrogens (tertiary/aromatic N) is 1. The number of aliphatic carboxylic acids is 1. The van der Waals surface area contributed by atoms with E-state index in [0.717, 1.165) is 0 Å². The molecule has 0 aliphatic rings. The summed E-state index contributed by atoms with van der Waals surface area (Å²) in [5, 5.41) is 8.82. The van der Waals surface area contributed by atoms with Gasteiger partial charge in [0.2, 0.25) is 0 Å². The molecule has 0 fully saturated rings. The van der Waals surface area contributed by atoms with Gasteiger partial charge in [-0.3, -0.25) is 9.69 Å². The van der Waals surface area contributed by atoms with Crippen molar-refractivity contribution in [3.63, 3.8) is 0 Å². The highest BCUT2D eigenvalue weighted by Gasteiger charge is 2.22. The molecule has 1 N–H and O–H groups in total. The topological polar surface area (TPSA) is 49.8 Å². The molecule has 0 radical (unpaired) electrons. The van der Waals surface area contributed by atoms with Crippen LogP contribution in [0.5, 0.6) is 0 Å². The summed E-state index contributed by atoms with van der Waals surface area (Å²) in [4.78, 5) is 12.4. The Bertz CT molecular complexity index is 172. The number of hydrogen-bond acceptors (Lipinski definition) is 3. The van der Waals surface area contributed by atoms with Gasteiger partial charge >= 0.3 is 5.97 Å². The summed E-state index contributed by atoms with van der Waals surface area (Å²) < 4.78 is 5.39. The maximum atomic E-state index is 10.7. The highest BCUT2D eigenvalue weighted by molar-refractivity contribution is 5.73. The van der Waals surface area contributed by atoms with Crippen molar-refractivity contribution in [3.8, 4) is 0 Å². The fourth-order valence-electron chi connectivity index (χ4n) is 0.770. The number of carboxylic acid groups (broad SMARTS) is 1. The molecule has 4 heteroatoms. The lowest BCUT2D eigenvalue weighted by atomic mass is 10.2. The van der Waals surface area contributed by atoms with E-state index in [4.69, 9.17) is 9.84 Å². The van der Waals surface area contributed by atoms with Gasteiger partial charge in [-0.1, -0.05) is 0 Å². The molecule has 0 aromatic heterocycles. The van der Waals surface area contributed by atoms with E-state index >= 15 is 0 Å². The van der Waals surface area contributed by atoms with Crippen molar-refractivity contribution in [2.75, 3.05) is 20.7 Å². The van der Waals surface area contributed by atoms with Crippen molar-refractivity contribution in [2.24, 2.45) is 0 Å². The quantitative estimate of drug-likeness (QED) is 0.711. The number of rotatable bonds is 4. The van der Waals surface area contributed by atoms with Crippen molar-refractivity contribution in [1.29, 1.82) is 0 Å². The zero-order valence-electron chi connectivity index (χ0n) is 9.00. The van der Waals surface area contributed by atoms with Gasteiger partial charge in [-0.2, -0.15) is 0 Å². The lowest BCUT2D eigenvalue weighted by molar-refractivity contribution is -0.146. The monoisotopic (exact) mass is 189 g/mol. The van der Waals surface area contributed by atoms with Gasteiger partial charge < -0.3 is 9.84 Å².